The molecular weight excluding hydrogens is 647 g/mol. The fourth-order valence-corrected chi connectivity index (χ4v) is 9.49. The van der Waals surface area contributed by atoms with Gasteiger partial charge in [0.1, 0.15) is 24.4 Å². The summed E-state index contributed by atoms with van der Waals surface area (Å²) >= 11 is 1.76. The van der Waals surface area contributed by atoms with Gasteiger partial charge in [-0.25, -0.2) is 0 Å². The van der Waals surface area contributed by atoms with E-state index in [4.69, 9.17) is 19.0 Å². The van der Waals surface area contributed by atoms with Gasteiger partial charge in [-0.2, -0.15) is 0 Å². The standard InChI is InChI=1S/C42H51NO6S/c1-5-23-47-42-39(50-33-14-7-6-8-15-33)27-37(43-46-4)35-25-30(13-9-11-21-44)34(16-10-12-22-45)40(41(35)42)36-26-32(19-20-38(36)49-42)48-31-18-17-28(2)29(3)24-31/h5-8,14-15,17-20,24-26,30,34,39-41,44-45H,1,9-13,16,21-23,27H2,2-4H3. The number of hydrogen-bond donors (Lipinski definition) is 2. The van der Waals surface area contributed by atoms with Crippen LogP contribution in [0.3, 0.4) is 0 Å². The van der Waals surface area contributed by atoms with Crippen LogP contribution in [0.5, 0.6) is 17.2 Å². The summed E-state index contributed by atoms with van der Waals surface area (Å²) in [6, 6.07) is 22.8. The number of nitrogens with zero attached hydrogens (tertiary/aromatic N) is 1. The predicted octanol–water partition coefficient (Wildman–Crippen LogP) is 9.15. The molecule has 3 aromatic rings. The van der Waals surface area contributed by atoms with Gasteiger partial charge >= 0.3 is 0 Å². The lowest BCUT2D eigenvalue weighted by molar-refractivity contribution is -0.223. The monoisotopic (exact) mass is 697 g/mol. The normalized spacial score (nSPS) is 26.0. The average molecular weight is 698 g/mol. The van der Waals surface area contributed by atoms with E-state index in [9.17, 15) is 10.2 Å². The summed E-state index contributed by atoms with van der Waals surface area (Å²) < 4.78 is 20.8. The first-order valence-electron chi connectivity index (χ1n) is 18.0. The van der Waals surface area contributed by atoms with Gasteiger partial charge < -0.3 is 29.3 Å². The van der Waals surface area contributed by atoms with Crippen molar-refractivity contribution in [1.82, 2.24) is 0 Å². The van der Waals surface area contributed by atoms with Crippen molar-refractivity contribution < 1.29 is 29.3 Å². The van der Waals surface area contributed by atoms with Gasteiger partial charge in [0.25, 0.3) is 0 Å². The number of rotatable bonds is 16. The Morgan fingerprint density at radius 3 is 2.40 bits per heavy atom. The molecule has 6 unspecified atom stereocenters. The van der Waals surface area contributed by atoms with E-state index < -0.39 is 5.79 Å². The molecule has 7 nitrogen and oxygen atoms in total. The zero-order valence-electron chi connectivity index (χ0n) is 29.6. The lowest BCUT2D eigenvalue weighted by atomic mass is 9.56. The summed E-state index contributed by atoms with van der Waals surface area (Å²) in [5, 5.41) is 24.1. The van der Waals surface area contributed by atoms with Gasteiger partial charge in [0, 0.05) is 36.0 Å². The molecule has 2 aliphatic carbocycles. The molecule has 1 fully saturated rings. The Balaban J connectivity index is 1.54. The molecule has 0 radical (unpaired) electrons. The van der Waals surface area contributed by atoms with Gasteiger partial charge in [-0.1, -0.05) is 54.4 Å². The highest BCUT2D eigenvalue weighted by molar-refractivity contribution is 8.00. The van der Waals surface area contributed by atoms with E-state index >= 15 is 0 Å². The molecule has 0 aromatic heterocycles. The molecule has 3 aliphatic rings. The summed E-state index contributed by atoms with van der Waals surface area (Å²) in [5.74, 6) is 1.60. The number of ether oxygens (including phenoxy) is 3. The third kappa shape index (κ3) is 7.54. The smallest absolute Gasteiger partial charge is 0.231 e. The summed E-state index contributed by atoms with van der Waals surface area (Å²) in [5.41, 5.74) is 5.54. The van der Waals surface area contributed by atoms with Crippen LogP contribution >= 0.6 is 11.8 Å². The number of hydrogen-bond acceptors (Lipinski definition) is 8. The van der Waals surface area contributed by atoms with Crippen LogP contribution in [0.25, 0.3) is 0 Å². The second kappa shape index (κ2) is 16.6. The number of unbranched alkanes of at least 4 members (excludes halogenated alkanes) is 2. The Morgan fingerprint density at radius 1 is 0.940 bits per heavy atom. The van der Waals surface area contributed by atoms with Crippen LogP contribution in [0.15, 0.2) is 101 Å². The van der Waals surface area contributed by atoms with E-state index in [1.807, 2.05) is 24.3 Å². The van der Waals surface area contributed by atoms with Gasteiger partial charge in [0.2, 0.25) is 5.79 Å². The number of thioether (sulfide) groups is 1. The first kappa shape index (κ1) is 36.2. The molecule has 3 aromatic carbocycles. The third-order valence-electron chi connectivity index (χ3n) is 10.6. The van der Waals surface area contributed by atoms with Crippen molar-refractivity contribution in [2.45, 2.75) is 80.6 Å². The van der Waals surface area contributed by atoms with Crippen LogP contribution in [0.1, 0.15) is 67.6 Å². The molecular formula is C42H51NO6S. The molecule has 6 rings (SSSR count). The van der Waals surface area contributed by atoms with Crippen molar-refractivity contribution >= 4 is 17.5 Å². The van der Waals surface area contributed by atoms with Crippen LogP contribution in [0.2, 0.25) is 0 Å². The number of aryl methyl sites for hydroxylation is 2. The van der Waals surface area contributed by atoms with Crippen LogP contribution in [0.4, 0.5) is 0 Å². The molecule has 0 bridgehead atoms. The third-order valence-corrected chi connectivity index (χ3v) is 11.9. The second-order valence-corrected chi connectivity index (χ2v) is 15.0. The number of oxime groups is 1. The van der Waals surface area contributed by atoms with Gasteiger partial charge in [-0.15, -0.1) is 18.3 Å². The SMILES string of the molecule is C=CCOC12Oc3ccc(Oc4ccc(C)c(C)c4)cc3C3C(CCCCO)C(CCCCO)C=C(C(=NOC)CC1Sc1ccccc1)C32. The maximum Gasteiger partial charge on any atom is 0.231 e. The maximum absolute atomic E-state index is 9.84. The maximum atomic E-state index is 9.84. The Bertz CT molecular complexity index is 1670. The van der Waals surface area contributed by atoms with Gasteiger partial charge in [0.15, 0.2) is 0 Å². The predicted molar refractivity (Wildman–Crippen MR) is 200 cm³/mol. The minimum absolute atomic E-state index is 0.00548. The van der Waals surface area contributed by atoms with E-state index in [0.29, 0.717) is 13.0 Å². The molecule has 0 saturated heterocycles. The van der Waals surface area contributed by atoms with Gasteiger partial charge in [0.05, 0.1) is 23.5 Å². The molecule has 6 atom stereocenters. The van der Waals surface area contributed by atoms with Gasteiger partial charge in [-0.05, 0) is 111 Å². The topological polar surface area (TPSA) is 89.7 Å². The Morgan fingerprint density at radius 2 is 1.68 bits per heavy atom. The Labute approximate surface area is 301 Å². The van der Waals surface area contributed by atoms with Crippen LogP contribution in [0, 0.1) is 31.6 Å². The molecule has 1 aliphatic heterocycles. The molecule has 1 heterocycles. The number of allylic oxidation sites excluding steroid dienone is 1. The second-order valence-electron chi connectivity index (χ2n) is 13.7. The van der Waals surface area contributed by atoms with E-state index in [2.05, 4.69) is 74.1 Å². The highest BCUT2D eigenvalue weighted by atomic mass is 32.2. The number of fused-ring (bicyclic) bond motifs is 2. The fraction of sp³-hybridized carbons (Fsp3) is 0.452. The minimum atomic E-state index is -1.02. The van der Waals surface area contributed by atoms with E-state index in [1.54, 1.807) is 24.9 Å². The molecule has 0 amide bonds. The first-order valence-corrected chi connectivity index (χ1v) is 18.9. The molecule has 0 spiro atoms. The quantitative estimate of drug-likeness (QED) is 0.0877. The minimum Gasteiger partial charge on any atom is -0.460 e. The van der Waals surface area contributed by atoms with E-state index in [0.717, 1.165) is 77.5 Å². The number of aliphatic hydroxyl groups is 2. The van der Waals surface area contributed by atoms with Crippen molar-refractivity contribution in [2.75, 3.05) is 26.9 Å². The zero-order valence-corrected chi connectivity index (χ0v) is 30.4. The van der Waals surface area contributed by atoms with Crippen molar-refractivity contribution in [2.24, 2.45) is 22.9 Å². The van der Waals surface area contributed by atoms with Crippen LogP contribution < -0.4 is 9.47 Å². The summed E-state index contributed by atoms with van der Waals surface area (Å²) in [6.45, 7) is 8.90. The largest absolute Gasteiger partial charge is 0.460 e. The highest BCUT2D eigenvalue weighted by Gasteiger charge is 2.64. The lowest BCUT2D eigenvalue weighted by Crippen LogP contribution is -2.64. The van der Waals surface area contributed by atoms with Crippen molar-refractivity contribution in [3.8, 4) is 17.2 Å². The molecule has 2 N–H and O–H groups in total. The molecule has 50 heavy (non-hydrogen) atoms. The lowest BCUT2D eigenvalue weighted by Gasteiger charge is -2.58. The van der Waals surface area contributed by atoms with Crippen molar-refractivity contribution in [3.63, 3.8) is 0 Å². The molecule has 266 valence electrons. The first-order chi connectivity index (χ1) is 24.4. The summed E-state index contributed by atoms with van der Waals surface area (Å²) in [6.07, 6.45) is 10.0. The number of aliphatic hydroxyl groups excluding tert-OH is 2. The van der Waals surface area contributed by atoms with Gasteiger partial charge in [-0.3, -0.25) is 0 Å². The van der Waals surface area contributed by atoms with Crippen LogP contribution in [-0.4, -0.2) is 53.9 Å². The van der Waals surface area contributed by atoms with E-state index in [1.165, 1.54) is 11.1 Å². The average Bonchev–Trinajstić information content (AvgIpc) is 3.12. The van der Waals surface area contributed by atoms with Crippen LogP contribution in [-0.2, 0) is 9.57 Å². The van der Waals surface area contributed by atoms with Crippen molar-refractivity contribution in [1.29, 1.82) is 0 Å². The number of benzene rings is 3. The molecule has 1 saturated carbocycles. The van der Waals surface area contributed by atoms with E-state index in [-0.39, 0.29) is 42.1 Å². The zero-order chi connectivity index (χ0) is 35.1. The molecule has 8 heteroatoms. The highest BCUT2D eigenvalue weighted by Crippen LogP contribution is 2.63. The Kier molecular flexibility index (Phi) is 12.1. The Hall–Kier alpha value is -3.56. The summed E-state index contributed by atoms with van der Waals surface area (Å²) in [4.78, 5) is 6.67. The fourth-order valence-electron chi connectivity index (χ4n) is 8.18. The summed E-state index contributed by atoms with van der Waals surface area (Å²) in [7, 11) is 1.61. The van der Waals surface area contributed by atoms with Crippen molar-refractivity contribution in [3.05, 3.63) is 108 Å².